The summed E-state index contributed by atoms with van der Waals surface area (Å²) in [6.45, 7) is 9.80. The van der Waals surface area contributed by atoms with Gasteiger partial charge in [0.25, 0.3) is 0 Å². The molecule has 17 atom stereocenters. The third-order valence-electron chi connectivity index (χ3n) is 21.2. The van der Waals surface area contributed by atoms with Crippen LogP contribution in [0.1, 0.15) is 149 Å². The van der Waals surface area contributed by atoms with Crippen LogP contribution in [0.3, 0.4) is 0 Å². The number of nitrogens with two attached hydrogens (primary N) is 1. The van der Waals surface area contributed by atoms with Gasteiger partial charge in [0, 0.05) is 57.3 Å². The van der Waals surface area contributed by atoms with Crippen LogP contribution in [0.2, 0.25) is 0 Å². The molecule has 1 aliphatic rings. The van der Waals surface area contributed by atoms with Crippen LogP contribution in [0, 0.1) is 11.8 Å². The first-order chi connectivity index (χ1) is 62.4. The number of hydrogen-bond donors (Lipinski definition) is 25. The fourth-order valence-corrected chi connectivity index (χ4v) is 14.1. The zero-order chi connectivity index (χ0) is 98.6. The number of benzene rings is 3. The molecule has 0 bridgehead atoms. The second-order valence-electron chi connectivity index (χ2n) is 32.6. The van der Waals surface area contributed by atoms with Crippen LogP contribution >= 0.6 is 11.8 Å². The van der Waals surface area contributed by atoms with Crippen LogP contribution in [0.5, 0.6) is 11.5 Å². The lowest BCUT2D eigenvalue weighted by molar-refractivity contribution is -0.142. The molecule has 0 aliphatic carbocycles. The fraction of sp³-hybridized carbons (Fsp3) is 0.570. The number of hydrogen-bond acceptors (Lipinski definition) is 27. The largest absolute Gasteiger partial charge is 0.508 e. The number of amides is 16. The fourth-order valence-electron chi connectivity index (χ4n) is 13.4. The molecule has 3 aromatic carbocycles. The lowest BCUT2D eigenvalue weighted by Crippen LogP contribution is -2.63. The van der Waals surface area contributed by atoms with E-state index in [-0.39, 0.29) is 78.8 Å². The Hall–Kier alpha value is -12.7. The van der Waals surface area contributed by atoms with Gasteiger partial charge in [-0.3, -0.25) is 91.1 Å². The molecular formula is C86H127N17O28S. The Labute approximate surface area is 766 Å². The van der Waals surface area contributed by atoms with Gasteiger partial charge in [-0.05, 0) is 126 Å². The van der Waals surface area contributed by atoms with Gasteiger partial charge in [0.1, 0.15) is 84.0 Å². The maximum atomic E-state index is 14.7. The van der Waals surface area contributed by atoms with Gasteiger partial charge in [-0.15, -0.1) is 11.8 Å². The summed E-state index contributed by atoms with van der Waals surface area (Å²) >= 11 is 0.863. The normalized spacial score (nSPS) is 16.0. The number of phenols is 2. The highest BCUT2D eigenvalue weighted by Crippen LogP contribution is 2.20. The summed E-state index contributed by atoms with van der Waals surface area (Å²) in [4.78, 5) is 259. The molecule has 1 heterocycles. The van der Waals surface area contributed by atoms with Gasteiger partial charge in [0.05, 0.1) is 56.3 Å². The molecule has 4 rings (SSSR count). The van der Waals surface area contributed by atoms with Gasteiger partial charge >= 0.3 is 17.9 Å². The van der Waals surface area contributed by atoms with Crippen LogP contribution in [0.15, 0.2) is 78.9 Å². The number of carboxylic acids is 3. The number of nitrogens with zero attached hydrogens (tertiary/aromatic N) is 1. The molecule has 0 spiro atoms. The molecule has 26 N–H and O–H groups in total. The average molecular weight is 1880 g/mol. The molecule has 730 valence electrons. The molecule has 1 aliphatic heterocycles. The van der Waals surface area contributed by atoms with Crippen LogP contribution in [-0.2, 0) is 110 Å². The van der Waals surface area contributed by atoms with Crippen LogP contribution in [-0.4, -0.2) is 311 Å². The van der Waals surface area contributed by atoms with Crippen molar-refractivity contribution in [2.45, 2.75) is 248 Å². The van der Waals surface area contributed by atoms with Crippen molar-refractivity contribution in [3.05, 3.63) is 95.6 Å². The monoisotopic (exact) mass is 1880 g/mol. The zero-order valence-electron chi connectivity index (χ0n) is 74.9. The number of nitrogens with one attached hydrogen (secondary N) is 15. The number of thioether (sulfide) groups is 1. The van der Waals surface area contributed by atoms with E-state index in [1.807, 2.05) is 20.8 Å². The highest BCUT2D eigenvalue weighted by Gasteiger charge is 2.41. The number of aromatic hydroxyl groups is 2. The van der Waals surface area contributed by atoms with Gasteiger partial charge in [0.2, 0.25) is 94.5 Å². The Morgan fingerprint density at radius 2 is 0.841 bits per heavy atom. The first kappa shape index (κ1) is 112. The summed E-state index contributed by atoms with van der Waals surface area (Å²) in [5.41, 5.74) is 6.51. The van der Waals surface area contributed by atoms with E-state index in [0.717, 1.165) is 25.6 Å². The summed E-state index contributed by atoms with van der Waals surface area (Å²) in [6, 6.07) is -4.17. The van der Waals surface area contributed by atoms with E-state index in [1.54, 1.807) is 36.9 Å². The number of carbonyl (C=O) groups excluding carboxylic acids is 16. The van der Waals surface area contributed by atoms with Crippen molar-refractivity contribution in [3.8, 4) is 11.5 Å². The Morgan fingerprint density at radius 3 is 1.31 bits per heavy atom. The quantitative estimate of drug-likeness (QED) is 0.0235. The van der Waals surface area contributed by atoms with Gasteiger partial charge in [-0.2, -0.15) is 0 Å². The lowest BCUT2D eigenvalue weighted by atomic mass is 9.96. The van der Waals surface area contributed by atoms with E-state index in [1.165, 1.54) is 67.6 Å². The number of aliphatic carboxylic acids is 3. The molecule has 0 saturated carbocycles. The second kappa shape index (κ2) is 57.5. The smallest absolute Gasteiger partial charge is 0.305 e. The highest BCUT2D eigenvalue weighted by atomic mass is 32.2. The predicted octanol–water partition coefficient (Wildman–Crippen LogP) is -5.40. The molecule has 3 aromatic rings. The van der Waals surface area contributed by atoms with Crippen LogP contribution in [0.25, 0.3) is 0 Å². The minimum Gasteiger partial charge on any atom is -0.508 e. The standard InChI is InChI=1S/C86H127N17O28S/c1-9-46(4)72(84(129)96-59(37-53-22-26-55(109)27-23-53)78(123)92-57(28-18-45(2)3)76(121)94-61(38-70(116)117)77(122)90-47(5)15-13-14-32-87)101-83(128)64(42-105)98-79(124)58(36-52-20-24-54(108)25-21-52)93-80(125)62(39-71(118)119)95-82(127)63(41-104)99-86(131)74(50(8)107)102-81(126)60(35-51-16-11-10-12-17-51)97-85(130)73(49(7)106)100-65(110)40-89-75(120)56(29-31-69(114)115)91-67(112)44-132-43-66(111)88-33-34-103-48(6)19-30-68(103)113/h10-12,16-17,20-27,45-50,56-64,72-74,104-109H,9,13-15,18-19,28-44,87H2,1-8H3,(H,88,111)(H,89,120)(H,90,122)(H,91,112)(H,92,123)(H,93,125)(H,94,121)(H,95,127)(H,96,129)(H,97,130)(H,98,124)(H,99,131)(H,100,110)(H,101,128)(H,102,126)(H,114,115)(H,116,117)(H,118,119)/t46-,47+,48+,49+,50+,56-,57-,58-,59-,60-,61-,62-,63-,64-,72-,73-,74-/m0/s1. The summed E-state index contributed by atoms with van der Waals surface area (Å²) in [5, 5.41) is 128. The molecule has 132 heavy (non-hydrogen) atoms. The Bertz CT molecular complexity index is 4400. The van der Waals surface area contributed by atoms with E-state index in [0.29, 0.717) is 56.2 Å². The molecule has 16 amide bonds. The van der Waals surface area contributed by atoms with E-state index in [9.17, 15) is 137 Å². The van der Waals surface area contributed by atoms with Crippen molar-refractivity contribution in [1.29, 1.82) is 0 Å². The molecule has 0 aromatic heterocycles. The van der Waals surface area contributed by atoms with Gasteiger partial charge in [-0.25, -0.2) is 0 Å². The number of aliphatic hydroxyl groups is 4. The highest BCUT2D eigenvalue weighted by molar-refractivity contribution is 8.00. The van der Waals surface area contributed by atoms with Crippen molar-refractivity contribution >= 4 is 124 Å². The zero-order valence-corrected chi connectivity index (χ0v) is 75.7. The number of likely N-dealkylation sites (tertiary alicyclic amines) is 1. The summed E-state index contributed by atoms with van der Waals surface area (Å²) in [5.74, 6) is -23.1. The molecule has 45 nitrogen and oxygen atoms in total. The van der Waals surface area contributed by atoms with Gasteiger partial charge in [0.15, 0.2) is 0 Å². The first-order valence-electron chi connectivity index (χ1n) is 43.2. The van der Waals surface area contributed by atoms with Crippen molar-refractivity contribution < 1.29 is 137 Å². The van der Waals surface area contributed by atoms with Crippen molar-refractivity contribution in [3.63, 3.8) is 0 Å². The third kappa shape index (κ3) is 40.4. The minimum absolute atomic E-state index is 0.0228. The maximum Gasteiger partial charge on any atom is 0.305 e. The molecule has 1 saturated heterocycles. The van der Waals surface area contributed by atoms with Crippen molar-refractivity contribution in [1.82, 2.24) is 84.7 Å². The van der Waals surface area contributed by atoms with Crippen LogP contribution < -0.4 is 85.5 Å². The topological polar surface area (TPSA) is 716 Å². The summed E-state index contributed by atoms with van der Waals surface area (Å²) in [6.07, 6.45) is -4.90. The average Bonchev–Trinajstić information content (AvgIpc) is 1.01. The van der Waals surface area contributed by atoms with E-state index in [4.69, 9.17) is 5.73 Å². The molecule has 46 heteroatoms. The number of unbranched alkanes of at least 4 members (excludes halogenated alkanes) is 1. The molecule has 0 unspecified atom stereocenters. The minimum atomic E-state index is -2.23. The SMILES string of the molecule is CC[C@H](C)[C@H](NC(=O)[C@H](CO)NC(=O)[C@H](Cc1ccc(O)cc1)NC(=O)[C@H](CC(=O)O)NC(=O)[C@H](CO)NC(=O)[C@@H](NC(=O)[C@H](Cc1ccccc1)NC(=O)[C@@H](NC(=O)CNC(=O)[C@H](CCC(=O)O)NC(=O)CSCC(=O)NCCN1C(=O)CC[C@H]1C)[C@@H](C)O)[C@@H](C)O)C(=O)N[C@@H](Cc1ccc(O)cc1)C(=O)N[C@@H](CCC(C)C)C(=O)N[C@@H](CC(=O)O)C(=O)N[C@H](C)CCCCN. The number of phenolic OH excluding ortho intramolecular Hbond substituents is 2. The number of carbonyl (C=O) groups is 19. The molecule has 1 fully saturated rings. The summed E-state index contributed by atoms with van der Waals surface area (Å²) < 4.78 is 0. The number of aliphatic hydroxyl groups excluding tert-OH is 4. The van der Waals surface area contributed by atoms with E-state index < -0.39 is 261 Å². The molecular weight excluding hydrogens is 1750 g/mol. The lowest BCUT2D eigenvalue weighted by Gasteiger charge is -2.30. The number of carboxylic acid groups (broad SMARTS) is 3. The maximum absolute atomic E-state index is 14.7. The predicted molar refractivity (Wildman–Crippen MR) is 474 cm³/mol. The number of rotatable bonds is 60. The van der Waals surface area contributed by atoms with Gasteiger partial charge in [-0.1, -0.05) is 95.1 Å². The van der Waals surface area contributed by atoms with Crippen molar-refractivity contribution in [2.24, 2.45) is 17.6 Å². The Morgan fingerprint density at radius 1 is 0.432 bits per heavy atom. The molecule has 0 radical (unpaired) electrons. The van der Waals surface area contributed by atoms with Gasteiger partial charge < -0.3 is 136 Å². The van der Waals surface area contributed by atoms with E-state index in [2.05, 4.69) is 79.8 Å². The second-order valence-corrected chi connectivity index (χ2v) is 33.6. The Balaban J connectivity index is 1.53. The van der Waals surface area contributed by atoms with E-state index >= 15 is 0 Å². The summed E-state index contributed by atoms with van der Waals surface area (Å²) in [7, 11) is 0. The van der Waals surface area contributed by atoms with Crippen LogP contribution in [0.4, 0.5) is 0 Å². The third-order valence-corrected chi connectivity index (χ3v) is 22.1. The Kier molecular flexibility index (Phi) is 48.6. The van der Waals surface area contributed by atoms with Crippen molar-refractivity contribution in [2.75, 3.05) is 50.9 Å². The first-order valence-corrected chi connectivity index (χ1v) is 44.4.